The average Bonchev–Trinajstić information content (AvgIpc) is 3.17. The summed E-state index contributed by atoms with van der Waals surface area (Å²) in [6.45, 7) is 6.68. The number of aromatic nitrogens is 2. The molecule has 2 N–H and O–H groups in total. The minimum atomic E-state index is -0.669. The van der Waals surface area contributed by atoms with Crippen LogP contribution in [0.15, 0.2) is 43.1 Å². The second-order valence-electron chi connectivity index (χ2n) is 8.11. The molecule has 1 amide bonds. The zero-order valence-corrected chi connectivity index (χ0v) is 17.3. The SMILES string of the molecule is C=CC(=O)N1CC2(CCCC2)OCC1(C)c1cc(Cl)cc(-c2ccnc(N)n2)c1. The van der Waals surface area contributed by atoms with Crippen LogP contribution in [0.3, 0.4) is 0 Å². The number of carbonyl (C=O) groups is 1. The zero-order chi connectivity index (χ0) is 20.6. The lowest BCUT2D eigenvalue weighted by Crippen LogP contribution is -2.61. The molecule has 1 aliphatic carbocycles. The Morgan fingerprint density at radius 3 is 2.79 bits per heavy atom. The van der Waals surface area contributed by atoms with Crippen molar-refractivity contribution in [3.05, 3.63) is 53.7 Å². The van der Waals surface area contributed by atoms with E-state index in [0.29, 0.717) is 23.9 Å². The first kappa shape index (κ1) is 19.9. The van der Waals surface area contributed by atoms with Gasteiger partial charge in [0, 0.05) is 16.8 Å². The number of nitrogens with two attached hydrogens (primary N) is 1. The van der Waals surface area contributed by atoms with Gasteiger partial charge in [0.2, 0.25) is 11.9 Å². The van der Waals surface area contributed by atoms with Crippen molar-refractivity contribution in [3.8, 4) is 11.3 Å². The molecule has 0 bridgehead atoms. The van der Waals surface area contributed by atoms with Crippen LogP contribution < -0.4 is 5.73 Å². The van der Waals surface area contributed by atoms with Crippen molar-refractivity contribution in [1.82, 2.24) is 14.9 Å². The van der Waals surface area contributed by atoms with Gasteiger partial charge >= 0.3 is 0 Å². The molecule has 6 nitrogen and oxygen atoms in total. The largest absolute Gasteiger partial charge is 0.370 e. The summed E-state index contributed by atoms with van der Waals surface area (Å²) >= 11 is 6.46. The van der Waals surface area contributed by atoms with Crippen LogP contribution in [0.1, 0.15) is 38.2 Å². The molecule has 2 heterocycles. The Balaban J connectivity index is 1.77. The smallest absolute Gasteiger partial charge is 0.246 e. The van der Waals surface area contributed by atoms with Gasteiger partial charge in [-0.25, -0.2) is 9.97 Å². The van der Waals surface area contributed by atoms with Crippen molar-refractivity contribution in [2.45, 2.75) is 43.7 Å². The summed E-state index contributed by atoms with van der Waals surface area (Å²) in [6, 6.07) is 7.49. The number of benzene rings is 1. The van der Waals surface area contributed by atoms with E-state index in [2.05, 4.69) is 16.5 Å². The Morgan fingerprint density at radius 2 is 2.10 bits per heavy atom. The van der Waals surface area contributed by atoms with Gasteiger partial charge in [-0.1, -0.05) is 31.0 Å². The molecule has 2 aliphatic rings. The summed E-state index contributed by atoms with van der Waals surface area (Å²) in [5.74, 6) is 0.0951. The molecule has 1 atom stereocenters. The van der Waals surface area contributed by atoms with E-state index in [-0.39, 0.29) is 17.5 Å². The second-order valence-corrected chi connectivity index (χ2v) is 8.55. The van der Waals surface area contributed by atoms with Crippen molar-refractivity contribution in [2.24, 2.45) is 0 Å². The molecule has 1 aliphatic heterocycles. The molecular weight excluding hydrogens is 388 g/mol. The molecule has 152 valence electrons. The molecule has 1 spiro atoms. The summed E-state index contributed by atoms with van der Waals surface area (Å²) in [6.07, 6.45) is 7.20. The third-order valence-corrected chi connectivity index (χ3v) is 6.36. The maximum atomic E-state index is 12.9. The van der Waals surface area contributed by atoms with Crippen molar-refractivity contribution >= 4 is 23.5 Å². The predicted molar refractivity (Wildman–Crippen MR) is 113 cm³/mol. The number of ether oxygens (including phenoxy) is 1. The fourth-order valence-electron chi connectivity index (χ4n) is 4.46. The van der Waals surface area contributed by atoms with Crippen LogP contribution in [0, 0.1) is 0 Å². The van der Waals surface area contributed by atoms with E-state index in [0.717, 1.165) is 36.8 Å². The molecule has 29 heavy (non-hydrogen) atoms. The average molecular weight is 413 g/mol. The third-order valence-electron chi connectivity index (χ3n) is 6.15. The molecule has 2 aromatic rings. The maximum absolute atomic E-state index is 12.9. The van der Waals surface area contributed by atoms with Gasteiger partial charge in [-0.3, -0.25) is 4.79 Å². The summed E-state index contributed by atoms with van der Waals surface area (Å²) in [5.41, 5.74) is 7.21. The highest BCUT2D eigenvalue weighted by molar-refractivity contribution is 6.31. The van der Waals surface area contributed by atoms with E-state index in [1.165, 1.54) is 6.08 Å². The molecule has 1 saturated carbocycles. The molecular formula is C22H25ClN4O2. The highest BCUT2D eigenvalue weighted by atomic mass is 35.5. The second kappa shape index (κ2) is 7.43. The highest BCUT2D eigenvalue weighted by Gasteiger charge is 2.49. The van der Waals surface area contributed by atoms with Gasteiger partial charge in [0.05, 0.1) is 30.0 Å². The van der Waals surface area contributed by atoms with Crippen molar-refractivity contribution < 1.29 is 9.53 Å². The van der Waals surface area contributed by atoms with Gasteiger partial charge in [0.25, 0.3) is 0 Å². The number of nitrogens with zero attached hydrogens (tertiary/aromatic N) is 3. The van der Waals surface area contributed by atoms with Gasteiger partial charge < -0.3 is 15.4 Å². The number of morpholine rings is 1. The molecule has 2 fully saturated rings. The molecule has 7 heteroatoms. The van der Waals surface area contributed by atoms with E-state index in [1.807, 2.05) is 30.0 Å². The number of carbonyl (C=O) groups excluding carboxylic acids is 1. The molecule has 0 radical (unpaired) electrons. The van der Waals surface area contributed by atoms with Crippen LogP contribution in [0.4, 0.5) is 5.95 Å². The number of hydrogen-bond acceptors (Lipinski definition) is 5. The standard InChI is InChI=1S/C22H25ClN4O2/c1-3-19(28)27-13-22(7-4-5-8-22)29-14-21(27,2)16-10-15(11-17(23)12-16)18-6-9-25-20(24)26-18/h3,6,9-12H,1,4-5,7-8,13-14H2,2H3,(H2,24,25,26). The Kier molecular flexibility index (Phi) is 5.09. The van der Waals surface area contributed by atoms with E-state index >= 15 is 0 Å². The lowest BCUT2D eigenvalue weighted by molar-refractivity contribution is -0.177. The van der Waals surface area contributed by atoms with Gasteiger partial charge in [-0.2, -0.15) is 0 Å². The fraction of sp³-hybridized carbons (Fsp3) is 0.409. The summed E-state index contributed by atoms with van der Waals surface area (Å²) < 4.78 is 6.41. The van der Waals surface area contributed by atoms with Crippen LogP contribution in [-0.2, 0) is 15.1 Å². The number of nitrogen functional groups attached to an aromatic ring is 1. The quantitative estimate of drug-likeness (QED) is 0.772. The van der Waals surface area contributed by atoms with Crippen LogP contribution in [0.25, 0.3) is 11.3 Å². The van der Waals surface area contributed by atoms with E-state index in [1.54, 1.807) is 12.3 Å². The lowest BCUT2D eigenvalue weighted by Gasteiger charge is -2.51. The number of hydrogen-bond donors (Lipinski definition) is 1. The Hall–Kier alpha value is -2.44. The summed E-state index contributed by atoms with van der Waals surface area (Å²) in [5, 5.41) is 0.558. The third kappa shape index (κ3) is 3.63. The van der Waals surface area contributed by atoms with E-state index < -0.39 is 5.54 Å². The molecule has 1 aromatic heterocycles. The van der Waals surface area contributed by atoms with Crippen LogP contribution in [0.2, 0.25) is 5.02 Å². The Morgan fingerprint density at radius 1 is 1.34 bits per heavy atom. The van der Waals surface area contributed by atoms with E-state index in [9.17, 15) is 4.79 Å². The predicted octanol–water partition coefficient (Wildman–Crippen LogP) is 3.95. The highest BCUT2D eigenvalue weighted by Crippen LogP contribution is 2.44. The van der Waals surface area contributed by atoms with Crippen LogP contribution in [0.5, 0.6) is 0 Å². The topological polar surface area (TPSA) is 81.3 Å². The lowest BCUT2D eigenvalue weighted by atomic mass is 9.84. The molecule has 1 saturated heterocycles. The Labute approximate surface area is 175 Å². The van der Waals surface area contributed by atoms with Crippen LogP contribution >= 0.6 is 11.6 Å². The zero-order valence-electron chi connectivity index (χ0n) is 16.5. The maximum Gasteiger partial charge on any atom is 0.246 e. The monoisotopic (exact) mass is 412 g/mol. The minimum Gasteiger partial charge on any atom is -0.370 e. The van der Waals surface area contributed by atoms with Gasteiger partial charge in [-0.05, 0) is 55.7 Å². The minimum absolute atomic E-state index is 0.102. The van der Waals surface area contributed by atoms with Crippen LogP contribution in [-0.4, -0.2) is 39.5 Å². The van der Waals surface area contributed by atoms with E-state index in [4.69, 9.17) is 22.1 Å². The molecule has 1 aromatic carbocycles. The van der Waals surface area contributed by atoms with Gasteiger partial charge in [0.1, 0.15) is 0 Å². The van der Waals surface area contributed by atoms with Gasteiger partial charge in [0.15, 0.2) is 0 Å². The van der Waals surface area contributed by atoms with Crippen molar-refractivity contribution in [2.75, 3.05) is 18.9 Å². The first-order chi connectivity index (χ1) is 13.8. The Bertz CT molecular complexity index is 958. The number of anilines is 1. The van der Waals surface area contributed by atoms with Crippen molar-refractivity contribution in [3.63, 3.8) is 0 Å². The van der Waals surface area contributed by atoms with Crippen molar-refractivity contribution in [1.29, 1.82) is 0 Å². The number of amides is 1. The molecule has 1 unspecified atom stereocenters. The summed E-state index contributed by atoms with van der Waals surface area (Å²) in [4.78, 5) is 23.0. The fourth-order valence-corrected chi connectivity index (χ4v) is 4.69. The first-order valence-electron chi connectivity index (χ1n) is 9.83. The first-order valence-corrected chi connectivity index (χ1v) is 10.2. The molecule has 4 rings (SSSR count). The number of halogens is 1. The normalized spacial score (nSPS) is 23.3. The summed E-state index contributed by atoms with van der Waals surface area (Å²) in [7, 11) is 0. The van der Waals surface area contributed by atoms with Gasteiger partial charge in [-0.15, -0.1) is 0 Å². The number of rotatable bonds is 3.